The summed E-state index contributed by atoms with van der Waals surface area (Å²) in [7, 11) is 0. The molecular weight excluding hydrogens is 328 g/mol. The van der Waals surface area contributed by atoms with Crippen molar-refractivity contribution in [3.05, 3.63) is 0 Å². The Balaban J connectivity index is 3.11. The van der Waals surface area contributed by atoms with Crippen molar-refractivity contribution < 1.29 is 48.0 Å². The van der Waals surface area contributed by atoms with Crippen LogP contribution in [0.25, 0.3) is 0 Å². The predicted molar refractivity (Wildman–Crippen MR) is 74.2 cm³/mol. The van der Waals surface area contributed by atoms with Crippen LogP contribution in [0.4, 0.5) is 0 Å². The maximum Gasteiger partial charge on any atom is 0.303 e. The molecule has 136 valence electrons. The monoisotopic (exact) mass is 348 g/mol. The second kappa shape index (κ2) is 8.60. The van der Waals surface area contributed by atoms with Crippen LogP contribution in [0.15, 0.2) is 0 Å². The highest BCUT2D eigenvalue weighted by atomic mass is 16.7. The number of ether oxygens (including phenoxy) is 5. The molecule has 0 saturated carbocycles. The van der Waals surface area contributed by atoms with Gasteiger partial charge in [-0.05, 0) is 0 Å². The first kappa shape index (κ1) is 19.8. The predicted octanol–water partition coefficient (Wildman–Crippen LogP) is -0.938. The van der Waals surface area contributed by atoms with Crippen molar-refractivity contribution in [1.82, 2.24) is 0 Å². The van der Waals surface area contributed by atoms with Crippen LogP contribution < -0.4 is 0 Å². The van der Waals surface area contributed by atoms with Gasteiger partial charge in [0.2, 0.25) is 0 Å². The molecule has 0 aromatic carbocycles. The van der Waals surface area contributed by atoms with E-state index in [4.69, 9.17) is 23.7 Å². The highest BCUT2D eigenvalue weighted by Crippen LogP contribution is 2.28. The molecule has 0 amide bonds. The maximum atomic E-state index is 11.3. The lowest BCUT2D eigenvalue weighted by molar-refractivity contribution is -0.296. The van der Waals surface area contributed by atoms with E-state index in [1.165, 1.54) is 0 Å². The van der Waals surface area contributed by atoms with Gasteiger partial charge in [0, 0.05) is 27.7 Å². The van der Waals surface area contributed by atoms with E-state index in [0.29, 0.717) is 0 Å². The number of hydrogen-bond acceptors (Lipinski definition) is 10. The molecule has 0 spiro atoms. The summed E-state index contributed by atoms with van der Waals surface area (Å²) in [6, 6.07) is 0. The SMILES string of the molecule is CC(=O)OC[C@H]1OC(O)[C@H](OC(C)=O)[C@@H](OC(C)=O)[C@H]1OC(C)=O. The third-order valence-corrected chi connectivity index (χ3v) is 2.97. The lowest BCUT2D eigenvalue weighted by atomic mass is 9.98. The summed E-state index contributed by atoms with van der Waals surface area (Å²) in [5.74, 6) is -2.87. The van der Waals surface area contributed by atoms with Crippen molar-refractivity contribution in [2.24, 2.45) is 0 Å². The fraction of sp³-hybridized carbons (Fsp3) is 0.714. The minimum absolute atomic E-state index is 0.366. The average molecular weight is 348 g/mol. The van der Waals surface area contributed by atoms with Crippen LogP contribution in [-0.4, -0.2) is 66.3 Å². The molecule has 5 atom stereocenters. The van der Waals surface area contributed by atoms with Gasteiger partial charge in [-0.1, -0.05) is 0 Å². The van der Waals surface area contributed by atoms with Crippen LogP contribution in [0, 0.1) is 0 Å². The summed E-state index contributed by atoms with van der Waals surface area (Å²) < 4.78 is 25.0. The Hall–Kier alpha value is -2.20. The van der Waals surface area contributed by atoms with E-state index in [1.54, 1.807) is 0 Å². The largest absolute Gasteiger partial charge is 0.463 e. The van der Waals surface area contributed by atoms with E-state index in [1.807, 2.05) is 0 Å². The lowest BCUT2D eigenvalue weighted by Gasteiger charge is -2.42. The third kappa shape index (κ3) is 5.78. The molecule has 0 aliphatic carbocycles. The van der Waals surface area contributed by atoms with Gasteiger partial charge in [0.15, 0.2) is 24.6 Å². The number of aliphatic hydroxyl groups is 1. The molecule has 1 unspecified atom stereocenters. The number of hydrogen-bond donors (Lipinski definition) is 1. The first-order chi connectivity index (χ1) is 11.1. The van der Waals surface area contributed by atoms with Crippen LogP contribution >= 0.6 is 0 Å². The topological polar surface area (TPSA) is 135 Å². The summed E-state index contributed by atoms with van der Waals surface area (Å²) in [4.78, 5) is 44.9. The zero-order chi connectivity index (χ0) is 18.4. The molecule has 10 nitrogen and oxygen atoms in total. The molecule has 24 heavy (non-hydrogen) atoms. The molecule has 0 aromatic heterocycles. The van der Waals surface area contributed by atoms with Crippen molar-refractivity contribution >= 4 is 23.9 Å². The smallest absolute Gasteiger partial charge is 0.303 e. The van der Waals surface area contributed by atoms with E-state index in [2.05, 4.69) is 0 Å². The number of carbonyl (C=O) groups excluding carboxylic acids is 4. The summed E-state index contributed by atoms with van der Waals surface area (Å²) in [5, 5.41) is 10.0. The van der Waals surface area contributed by atoms with Gasteiger partial charge in [-0.15, -0.1) is 0 Å². The zero-order valence-corrected chi connectivity index (χ0v) is 13.7. The number of esters is 4. The molecule has 1 heterocycles. The van der Waals surface area contributed by atoms with Crippen molar-refractivity contribution in [1.29, 1.82) is 0 Å². The minimum Gasteiger partial charge on any atom is -0.463 e. The second-order valence-electron chi connectivity index (χ2n) is 5.09. The highest BCUT2D eigenvalue weighted by molar-refractivity contribution is 5.68. The Morgan fingerprint density at radius 3 is 1.71 bits per heavy atom. The van der Waals surface area contributed by atoms with E-state index in [9.17, 15) is 24.3 Å². The van der Waals surface area contributed by atoms with Crippen molar-refractivity contribution in [3.8, 4) is 0 Å². The molecule has 1 N–H and O–H groups in total. The molecule has 0 radical (unpaired) electrons. The van der Waals surface area contributed by atoms with Crippen LogP contribution in [0.3, 0.4) is 0 Å². The van der Waals surface area contributed by atoms with Gasteiger partial charge in [-0.25, -0.2) is 0 Å². The van der Waals surface area contributed by atoms with Gasteiger partial charge in [0.05, 0.1) is 0 Å². The molecule has 0 aromatic rings. The van der Waals surface area contributed by atoms with Crippen molar-refractivity contribution in [2.45, 2.75) is 58.4 Å². The Labute approximate surface area is 137 Å². The van der Waals surface area contributed by atoms with Crippen molar-refractivity contribution in [2.75, 3.05) is 6.61 Å². The van der Waals surface area contributed by atoms with Gasteiger partial charge in [0.1, 0.15) is 12.7 Å². The molecule has 1 saturated heterocycles. The molecule has 1 aliphatic heterocycles. The summed E-state index contributed by atoms with van der Waals surface area (Å²) in [6.07, 6.45) is -6.79. The number of aliphatic hydroxyl groups excluding tert-OH is 1. The number of carbonyl (C=O) groups is 4. The van der Waals surface area contributed by atoms with E-state index in [-0.39, 0.29) is 6.61 Å². The molecular formula is C14H20O10. The minimum atomic E-state index is -1.68. The lowest BCUT2D eigenvalue weighted by Crippen LogP contribution is -2.62. The molecule has 1 aliphatic rings. The van der Waals surface area contributed by atoms with Gasteiger partial charge in [-0.2, -0.15) is 0 Å². The highest BCUT2D eigenvalue weighted by Gasteiger charge is 2.51. The van der Waals surface area contributed by atoms with Crippen LogP contribution in [0.1, 0.15) is 27.7 Å². The molecule has 0 bridgehead atoms. The zero-order valence-electron chi connectivity index (χ0n) is 13.7. The average Bonchev–Trinajstić information content (AvgIpc) is 2.42. The van der Waals surface area contributed by atoms with Gasteiger partial charge < -0.3 is 28.8 Å². The fourth-order valence-corrected chi connectivity index (χ4v) is 2.21. The van der Waals surface area contributed by atoms with Crippen LogP contribution in [-0.2, 0) is 42.9 Å². The van der Waals surface area contributed by atoms with Gasteiger partial charge in [0.25, 0.3) is 0 Å². The normalized spacial score (nSPS) is 29.3. The Morgan fingerprint density at radius 2 is 1.25 bits per heavy atom. The first-order valence-corrected chi connectivity index (χ1v) is 7.10. The second-order valence-corrected chi connectivity index (χ2v) is 5.09. The summed E-state index contributed by atoms with van der Waals surface area (Å²) >= 11 is 0. The Bertz CT molecular complexity index is 502. The van der Waals surface area contributed by atoms with Gasteiger partial charge >= 0.3 is 23.9 Å². The van der Waals surface area contributed by atoms with E-state index in [0.717, 1.165) is 27.7 Å². The summed E-state index contributed by atoms with van der Waals surface area (Å²) in [6.45, 7) is 4.09. The van der Waals surface area contributed by atoms with Gasteiger partial charge in [-0.3, -0.25) is 19.2 Å². The van der Waals surface area contributed by atoms with Crippen LogP contribution in [0.2, 0.25) is 0 Å². The third-order valence-electron chi connectivity index (χ3n) is 2.97. The number of rotatable bonds is 5. The molecule has 10 heteroatoms. The Morgan fingerprint density at radius 1 is 0.792 bits per heavy atom. The van der Waals surface area contributed by atoms with E-state index < -0.39 is 54.6 Å². The van der Waals surface area contributed by atoms with Crippen LogP contribution in [0.5, 0.6) is 0 Å². The maximum absolute atomic E-state index is 11.3. The Kier molecular flexibility index (Phi) is 7.11. The fourth-order valence-electron chi connectivity index (χ4n) is 2.21. The molecule has 1 fully saturated rings. The molecule has 1 rings (SSSR count). The standard InChI is InChI=1S/C14H20O10/c1-6(15)20-5-10-11(21-7(2)16)12(22-8(3)17)13(14(19)24-10)23-9(4)18/h10-14,19H,5H2,1-4H3/t10-,11+,12+,13-,14?/m1/s1. The van der Waals surface area contributed by atoms with E-state index >= 15 is 0 Å². The van der Waals surface area contributed by atoms with Crippen molar-refractivity contribution in [3.63, 3.8) is 0 Å². The first-order valence-electron chi connectivity index (χ1n) is 7.10. The quantitative estimate of drug-likeness (QED) is 0.490. The summed E-state index contributed by atoms with van der Waals surface area (Å²) in [5.41, 5.74) is 0.